The molecule has 4 heteroatoms. The molecule has 0 atom stereocenters. The van der Waals surface area contributed by atoms with Gasteiger partial charge in [-0.05, 0) is 25.5 Å². The summed E-state index contributed by atoms with van der Waals surface area (Å²) in [6.45, 7) is 5.92. The van der Waals surface area contributed by atoms with Gasteiger partial charge in [0.2, 0.25) is 0 Å². The Morgan fingerprint density at radius 3 is 3.05 bits per heavy atom. The first-order chi connectivity index (χ1) is 9.22. The van der Waals surface area contributed by atoms with Gasteiger partial charge in [0.15, 0.2) is 0 Å². The Hall–Kier alpha value is -1.68. The van der Waals surface area contributed by atoms with E-state index in [-0.39, 0.29) is 5.82 Å². The summed E-state index contributed by atoms with van der Waals surface area (Å²) in [6.07, 6.45) is 0.791. The average Bonchev–Trinajstić information content (AvgIpc) is 2.43. The lowest BCUT2D eigenvalue weighted by molar-refractivity contribution is 0.110. The van der Waals surface area contributed by atoms with Crippen LogP contribution in [0.4, 0.5) is 10.1 Å². The third-order valence-corrected chi connectivity index (χ3v) is 3.56. The van der Waals surface area contributed by atoms with Crippen molar-refractivity contribution in [3.05, 3.63) is 34.8 Å². The number of rotatable bonds is 2. The van der Waals surface area contributed by atoms with E-state index < -0.39 is 0 Å². The van der Waals surface area contributed by atoms with Crippen LogP contribution in [-0.4, -0.2) is 18.1 Å². The Bertz CT molecular complexity index is 640. The van der Waals surface area contributed by atoms with Gasteiger partial charge in [-0.15, -0.1) is 0 Å². The highest BCUT2D eigenvalue weighted by molar-refractivity contribution is 5.95. The van der Waals surface area contributed by atoms with E-state index in [1.165, 1.54) is 6.07 Å². The van der Waals surface area contributed by atoms with Crippen molar-refractivity contribution in [1.29, 1.82) is 0 Å². The van der Waals surface area contributed by atoms with Gasteiger partial charge in [0.25, 0.3) is 0 Å². The smallest absolute Gasteiger partial charge is 0.134 e. The molecule has 19 heavy (non-hydrogen) atoms. The Morgan fingerprint density at radius 1 is 1.42 bits per heavy atom. The summed E-state index contributed by atoms with van der Waals surface area (Å²) in [5.41, 5.74) is 4.65. The van der Waals surface area contributed by atoms with Crippen LogP contribution < -0.4 is 5.32 Å². The fourth-order valence-corrected chi connectivity index (χ4v) is 2.63. The maximum atomic E-state index is 14.2. The van der Waals surface area contributed by atoms with Gasteiger partial charge in [-0.25, -0.2) is 4.39 Å². The lowest BCUT2D eigenvalue weighted by atomic mass is 10.0. The topological polar surface area (TPSA) is 34.2 Å². The van der Waals surface area contributed by atoms with Gasteiger partial charge in [-0.3, -0.25) is 4.98 Å². The van der Waals surface area contributed by atoms with E-state index in [0.717, 1.165) is 41.0 Å². The minimum Gasteiger partial charge on any atom is -0.384 e. The van der Waals surface area contributed by atoms with E-state index in [0.29, 0.717) is 18.6 Å². The monoisotopic (exact) mass is 260 g/mol. The fourth-order valence-electron chi connectivity index (χ4n) is 2.63. The highest BCUT2D eigenvalue weighted by Crippen LogP contribution is 2.34. The summed E-state index contributed by atoms with van der Waals surface area (Å²) in [4.78, 5) is 4.66. The number of anilines is 1. The summed E-state index contributed by atoms with van der Waals surface area (Å²) in [5.74, 6) is -0.225. The van der Waals surface area contributed by atoms with Gasteiger partial charge in [0.05, 0.1) is 35.5 Å². The molecule has 2 aromatic rings. The van der Waals surface area contributed by atoms with Crippen molar-refractivity contribution in [3.8, 4) is 0 Å². The maximum absolute atomic E-state index is 14.2. The SMILES string of the molecule is CCNc1c2c(nc3c(C)ccc(F)c13)CCOC2. The van der Waals surface area contributed by atoms with Gasteiger partial charge in [0.1, 0.15) is 5.82 Å². The van der Waals surface area contributed by atoms with Gasteiger partial charge in [-0.2, -0.15) is 0 Å². The molecule has 2 heterocycles. The Kier molecular flexibility index (Phi) is 3.11. The molecule has 100 valence electrons. The molecule has 1 N–H and O–H groups in total. The van der Waals surface area contributed by atoms with Crippen LogP contribution in [0.5, 0.6) is 0 Å². The molecule has 1 aromatic heterocycles. The number of hydrogen-bond acceptors (Lipinski definition) is 3. The molecule has 3 rings (SSSR count). The third kappa shape index (κ3) is 1.96. The predicted molar refractivity (Wildman–Crippen MR) is 74.0 cm³/mol. The van der Waals surface area contributed by atoms with Crippen LogP contribution in [-0.2, 0) is 17.8 Å². The zero-order valence-electron chi connectivity index (χ0n) is 11.2. The number of aryl methyl sites for hydroxylation is 1. The molecule has 1 aliphatic heterocycles. The highest BCUT2D eigenvalue weighted by atomic mass is 19.1. The van der Waals surface area contributed by atoms with Crippen LogP contribution in [0.2, 0.25) is 0 Å². The number of nitrogens with zero attached hydrogens (tertiary/aromatic N) is 1. The largest absolute Gasteiger partial charge is 0.384 e. The van der Waals surface area contributed by atoms with Crippen molar-refractivity contribution in [3.63, 3.8) is 0 Å². The number of aromatic nitrogens is 1. The van der Waals surface area contributed by atoms with E-state index in [9.17, 15) is 4.39 Å². The van der Waals surface area contributed by atoms with E-state index >= 15 is 0 Å². The molecule has 3 nitrogen and oxygen atoms in total. The highest BCUT2D eigenvalue weighted by Gasteiger charge is 2.20. The first-order valence-electron chi connectivity index (χ1n) is 6.64. The van der Waals surface area contributed by atoms with Crippen LogP contribution >= 0.6 is 0 Å². The lowest BCUT2D eigenvalue weighted by Crippen LogP contribution is -2.16. The molecule has 0 amide bonds. The normalized spacial score (nSPS) is 14.5. The molecular weight excluding hydrogens is 243 g/mol. The second-order valence-electron chi connectivity index (χ2n) is 4.83. The zero-order chi connectivity index (χ0) is 13.4. The molecule has 0 saturated heterocycles. The summed E-state index contributed by atoms with van der Waals surface area (Å²) in [5, 5.41) is 3.88. The first kappa shape index (κ1) is 12.4. The third-order valence-electron chi connectivity index (χ3n) is 3.56. The molecule has 1 aromatic carbocycles. The van der Waals surface area contributed by atoms with Gasteiger partial charge in [0, 0.05) is 18.5 Å². The Morgan fingerprint density at radius 2 is 2.26 bits per heavy atom. The minimum atomic E-state index is -0.225. The van der Waals surface area contributed by atoms with Crippen molar-refractivity contribution in [2.24, 2.45) is 0 Å². The van der Waals surface area contributed by atoms with Crippen molar-refractivity contribution < 1.29 is 9.13 Å². The number of fused-ring (bicyclic) bond motifs is 2. The summed E-state index contributed by atoms with van der Waals surface area (Å²) < 4.78 is 19.7. The molecule has 0 spiro atoms. The van der Waals surface area contributed by atoms with Crippen molar-refractivity contribution in [2.75, 3.05) is 18.5 Å². The summed E-state index contributed by atoms with van der Waals surface area (Å²) in [6, 6.07) is 3.29. The molecule has 0 bridgehead atoms. The average molecular weight is 260 g/mol. The number of pyridine rings is 1. The van der Waals surface area contributed by atoms with Crippen molar-refractivity contribution in [1.82, 2.24) is 4.98 Å². The maximum Gasteiger partial charge on any atom is 0.134 e. The number of halogens is 1. The van der Waals surface area contributed by atoms with E-state index in [4.69, 9.17) is 4.74 Å². The lowest BCUT2D eigenvalue weighted by Gasteiger charge is -2.22. The van der Waals surface area contributed by atoms with E-state index in [2.05, 4.69) is 10.3 Å². The number of benzene rings is 1. The van der Waals surface area contributed by atoms with Crippen LogP contribution in [0.1, 0.15) is 23.7 Å². The number of nitrogens with one attached hydrogen (secondary N) is 1. The van der Waals surface area contributed by atoms with Crippen molar-refractivity contribution >= 4 is 16.6 Å². The first-order valence-corrected chi connectivity index (χ1v) is 6.64. The van der Waals surface area contributed by atoms with E-state index in [1.54, 1.807) is 6.07 Å². The summed E-state index contributed by atoms with van der Waals surface area (Å²) >= 11 is 0. The molecule has 0 radical (unpaired) electrons. The molecule has 0 saturated carbocycles. The van der Waals surface area contributed by atoms with E-state index in [1.807, 2.05) is 13.8 Å². The van der Waals surface area contributed by atoms with Crippen molar-refractivity contribution in [2.45, 2.75) is 26.9 Å². The minimum absolute atomic E-state index is 0.225. The molecule has 1 aliphatic rings. The van der Waals surface area contributed by atoms with Gasteiger partial charge < -0.3 is 10.1 Å². The Balaban J connectivity index is 2.39. The number of hydrogen-bond donors (Lipinski definition) is 1. The molecule has 0 unspecified atom stereocenters. The Labute approximate surface area is 111 Å². The van der Waals surface area contributed by atoms with Gasteiger partial charge >= 0.3 is 0 Å². The standard InChI is InChI=1S/C15H17FN2O/c1-3-17-15-10-8-19-7-6-12(10)18-14-9(2)4-5-11(16)13(14)15/h4-5H,3,6-8H2,1-2H3,(H,17,18). The van der Waals surface area contributed by atoms with Crippen LogP contribution in [0, 0.1) is 12.7 Å². The summed E-state index contributed by atoms with van der Waals surface area (Å²) in [7, 11) is 0. The molecule has 0 fully saturated rings. The number of ether oxygens (including phenoxy) is 1. The molecule has 0 aliphatic carbocycles. The van der Waals surface area contributed by atoms with Gasteiger partial charge in [-0.1, -0.05) is 6.07 Å². The van der Waals surface area contributed by atoms with Crippen LogP contribution in [0.15, 0.2) is 12.1 Å². The second-order valence-corrected chi connectivity index (χ2v) is 4.83. The zero-order valence-corrected chi connectivity index (χ0v) is 11.2. The van der Waals surface area contributed by atoms with Crippen LogP contribution in [0.25, 0.3) is 10.9 Å². The molecular formula is C15H17FN2O. The predicted octanol–water partition coefficient (Wildman–Crippen LogP) is 3.19. The second kappa shape index (κ2) is 4.78. The van der Waals surface area contributed by atoms with Crippen LogP contribution in [0.3, 0.4) is 0 Å². The fraction of sp³-hybridized carbons (Fsp3) is 0.400. The quantitative estimate of drug-likeness (QED) is 0.900.